The van der Waals surface area contributed by atoms with Gasteiger partial charge >= 0.3 is 0 Å². The second-order valence-corrected chi connectivity index (χ2v) is 7.82. The maximum atomic E-state index is 12.4. The molecule has 0 aromatic rings. The van der Waals surface area contributed by atoms with Crippen molar-refractivity contribution < 1.29 is 13.2 Å². The highest BCUT2D eigenvalue weighted by atomic mass is 32.2. The highest BCUT2D eigenvalue weighted by Crippen LogP contribution is 2.20. The molecule has 6 nitrogen and oxygen atoms in total. The van der Waals surface area contributed by atoms with Crippen LogP contribution in [0.5, 0.6) is 0 Å². The first-order valence-electron chi connectivity index (χ1n) is 8.12. The summed E-state index contributed by atoms with van der Waals surface area (Å²) in [6, 6.07) is -0.156. The predicted molar refractivity (Wildman–Crippen MR) is 83.3 cm³/mol. The van der Waals surface area contributed by atoms with Gasteiger partial charge in [-0.15, -0.1) is 0 Å². The van der Waals surface area contributed by atoms with Crippen LogP contribution in [0.3, 0.4) is 0 Å². The summed E-state index contributed by atoms with van der Waals surface area (Å²) >= 11 is 0. The van der Waals surface area contributed by atoms with E-state index in [4.69, 9.17) is 4.74 Å². The molecule has 2 saturated heterocycles. The summed E-state index contributed by atoms with van der Waals surface area (Å²) in [6.07, 6.45) is 3.84. The number of piperidine rings is 1. The minimum Gasteiger partial charge on any atom is -0.377 e. The number of hydrogen-bond donors (Lipinski definition) is 2. The molecule has 0 radical (unpaired) electrons. The molecule has 2 aliphatic heterocycles. The Morgan fingerprint density at radius 1 is 1.29 bits per heavy atom. The van der Waals surface area contributed by atoms with Crippen LogP contribution in [0.25, 0.3) is 0 Å². The van der Waals surface area contributed by atoms with Gasteiger partial charge in [0, 0.05) is 25.7 Å². The van der Waals surface area contributed by atoms with Crippen molar-refractivity contribution in [1.82, 2.24) is 14.3 Å². The summed E-state index contributed by atoms with van der Waals surface area (Å²) in [5, 5.41) is 3.34. The Morgan fingerprint density at radius 2 is 2.00 bits per heavy atom. The number of nitrogens with zero attached hydrogens (tertiary/aromatic N) is 1. The van der Waals surface area contributed by atoms with Crippen LogP contribution in [0.1, 0.15) is 39.5 Å². The Balaban J connectivity index is 1.80. The Hall–Kier alpha value is -0.210. The lowest BCUT2D eigenvalue weighted by Gasteiger charge is -2.32. The SMILES string of the molecule is CCNCC1CCN(S(=O)(=O)NC(C)C2CCCO2)CC1. The molecule has 2 N–H and O–H groups in total. The molecule has 2 aliphatic rings. The van der Waals surface area contributed by atoms with E-state index >= 15 is 0 Å². The second-order valence-electron chi connectivity index (χ2n) is 6.11. The van der Waals surface area contributed by atoms with Crippen LogP contribution in [0.4, 0.5) is 0 Å². The minimum absolute atomic E-state index is 0.0195. The molecule has 124 valence electrons. The van der Waals surface area contributed by atoms with E-state index < -0.39 is 10.2 Å². The number of ether oxygens (including phenoxy) is 1. The van der Waals surface area contributed by atoms with Crippen LogP contribution in [0.2, 0.25) is 0 Å². The molecule has 0 spiro atoms. The third kappa shape index (κ3) is 4.89. The molecule has 2 heterocycles. The van der Waals surface area contributed by atoms with Crippen molar-refractivity contribution in [3.05, 3.63) is 0 Å². The summed E-state index contributed by atoms with van der Waals surface area (Å²) in [5.41, 5.74) is 0. The molecule has 0 aromatic heterocycles. The van der Waals surface area contributed by atoms with Gasteiger partial charge in [-0.25, -0.2) is 0 Å². The molecule has 0 saturated carbocycles. The van der Waals surface area contributed by atoms with Gasteiger partial charge in [0.05, 0.1) is 6.10 Å². The summed E-state index contributed by atoms with van der Waals surface area (Å²) < 4.78 is 34.8. The highest BCUT2D eigenvalue weighted by Gasteiger charge is 2.31. The van der Waals surface area contributed by atoms with Gasteiger partial charge in [-0.1, -0.05) is 6.92 Å². The standard InChI is InChI=1S/C14H29N3O3S/c1-3-15-11-13-6-8-17(9-7-13)21(18,19)16-12(2)14-5-4-10-20-14/h12-16H,3-11H2,1-2H3. The average Bonchev–Trinajstić information content (AvgIpc) is 2.99. The maximum Gasteiger partial charge on any atom is 0.279 e. The van der Waals surface area contributed by atoms with Gasteiger partial charge in [0.25, 0.3) is 10.2 Å². The molecule has 7 heteroatoms. The summed E-state index contributed by atoms with van der Waals surface area (Å²) in [6.45, 7) is 7.92. The van der Waals surface area contributed by atoms with Gasteiger partial charge in [-0.3, -0.25) is 0 Å². The van der Waals surface area contributed by atoms with E-state index in [1.807, 2.05) is 6.92 Å². The van der Waals surface area contributed by atoms with Crippen LogP contribution in [-0.2, 0) is 14.9 Å². The second kappa shape index (κ2) is 7.87. The molecule has 2 fully saturated rings. The fourth-order valence-electron chi connectivity index (χ4n) is 3.08. The van der Waals surface area contributed by atoms with Crippen LogP contribution >= 0.6 is 0 Å². The topological polar surface area (TPSA) is 70.7 Å². The quantitative estimate of drug-likeness (QED) is 0.725. The Morgan fingerprint density at radius 3 is 2.57 bits per heavy atom. The van der Waals surface area contributed by atoms with Gasteiger partial charge < -0.3 is 10.1 Å². The van der Waals surface area contributed by atoms with Crippen LogP contribution in [0.15, 0.2) is 0 Å². The molecule has 0 aromatic carbocycles. The summed E-state index contributed by atoms with van der Waals surface area (Å²) in [5.74, 6) is 0.590. The van der Waals surface area contributed by atoms with E-state index in [1.165, 1.54) is 0 Å². The van der Waals surface area contributed by atoms with Gasteiger partial charge in [0.15, 0.2) is 0 Å². The number of hydrogen-bond acceptors (Lipinski definition) is 4. The molecular formula is C14H29N3O3S. The van der Waals surface area contributed by atoms with E-state index in [0.29, 0.717) is 19.0 Å². The summed E-state index contributed by atoms with van der Waals surface area (Å²) in [4.78, 5) is 0. The third-order valence-corrected chi connectivity index (χ3v) is 6.17. The first kappa shape index (κ1) is 17.1. The molecule has 0 bridgehead atoms. The zero-order valence-corrected chi connectivity index (χ0v) is 14.0. The maximum absolute atomic E-state index is 12.4. The Labute approximate surface area is 128 Å². The number of nitrogens with one attached hydrogen (secondary N) is 2. The highest BCUT2D eigenvalue weighted by molar-refractivity contribution is 7.87. The van der Waals surface area contributed by atoms with E-state index in [-0.39, 0.29) is 12.1 Å². The van der Waals surface area contributed by atoms with Crippen molar-refractivity contribution in [3.8, 4) is 0 Å². The van der Waals surface area contributed by atoms with Gasteiger partial charge in [-0.2, -0.15) is 17.4 Å². The first-order chi connectivity index (χ1) is 10.0. The van der Waals surface area contributed by atoms with Crippen LogP contribution < -0.4 is 10.0 Å². The monoisotopic (exact) mass is 319 g/mol. The molecule has 0 aliphatic carbocycles. The fourth-order valence-corrected chi connectivity index (χ4v) is 4.55. The van der Waals surface area contributed by atoms with E-state index in [1.54, 1.807) is 4.31 Å². The van der Waals surface area contributed by atoms with Crippen LogP contribution in [0, 0.1) is 5.92 Å². The van der Waals surface area contributed by atoms with E-state index in [9.17, 15) is 8.42 Å². The molecule has 2 atom stereocenters. The van der Waals surface area contributed by atoms with Gasteiger partial charge in [0.1, 0.15) is 0 Å². The minimum atomic E-state index is -3.38. The average molecular weight is 319 g/mol. The lowest BCUT2D eigenvalue weighted by atomic mass is 9.98. The van der Waals surface area contributed by atoms with Crippen molar-refractivity contribution >= 4 is 10.2 Å². The molecule has 21 heavy (non-hydrogen) atoms. The van der Waals surface area contributed by atoms with E-state index in [0.717, 1.165) is 45.4 Å². The van der Waals surface area contributed by atoms with Crippen molar-refractivity contribution in [1.29, 1.82) is 0 Å². The normalized spacial score (nSPS) is 27.0. The first-order valence-corrected chi connectivity index (χ1v) is 9.56. The predicted octanol–water partition coefficient (Wildman–Crippen LogP) is 0.710. The van der Waals surface area contributed by atoms with Gasteiger partial charge in [0.2, 0.25) is 0 Å². The molecular weight excluding hydrogens is 290 g/mol. The Kier molecular flexibility index (Phi) is 6.43. The third-order valence-electron chi connectivity index (χ3n) is 4.45. The van der Waals surface area contributed by atoms with Crippen molar-refractivity contribution in [2.24, 2.45) is 5.92 Å². The number of rotatable bonds is 7. The Bertz CT molecular complexity index is 402. The van der Waals surface area contributed by atoms with E-state index in [2.05, 4.69) is 17.0 Å². The molecule has 2 rings (SSSR count). The largest absolute Gasteiger partial charge is 0.377 e. The molecule has 2 unspecified atom stereocenters. The fraction of sp³-hybridized carbons (Fsp3) is 1.00. The zero-order chi connectivity index (χ0) is 15.3. The lowest BCUT2D eigenvalue weighted by molar-refractivity contribution is 0.0894. The van der Waals surface area contributed by atoms with Crippen molar-refractivity contribution in [3.63, 3.8) is 0 Å². The zero-order valence-electron chi connectivity index (χ0n) is 13.2. The smallest absolute Gasteiger partial charge is 0.279 e. The summed E-state index contributed by atoms with van der Waals surface area (Å²) in [7, 11) is -3.38. The van der Waals surface area contributed by atoms with Crippen LogP contribution in [-0.4, -0.2) is 57.7 Å². The van der Waals surface area contributed by atoms with Gasteiger partial charge in [-0.05, 0) is 51.6 Å². The van der Waals surface area contributed by atoms with Crippen molar-refractivity contribution in [2.45, 2.75) is 51.7 Å². The van der Waals surface area contributed by atoms with Crippen molar-refractivity contribution in [2.75, 3.05) is 32.8 Å². The lowest BCUT2D eigenvalue weighted by Crippen LogP contribution is -2.50. The molecule has 0 amide bonds.